The monoisotopic (exact) mass is 379 g/mol. The zero-order valence-corrected chi connectivity index (χ0v) is 15.8. The number of pyridine rings is 1. The maximum Gasteiger partial charge on any atom is 0.254 e. The molecule has 1 atom stereocenters. The summed E-state index contributed by atoms with van der Waals surface area (Å²) in [4.78, 5) is 36.0. The number of benzene rings is 1. The molecule has 1 N–H and O–H groups in total. The van der Waals surface area contributed by atoms with Crippen molar-refractivity contribution in [3.8, 4) is 5.75 Å². The highest BCUT2D eigenvalue weighted by Crippen LogP contribution is 2.25. The van der Waals surface area contributed by atoms with Crippen LogP contribution in [0.5, 0.6) is 5.75 Å². The number of aryl methyl sites for hydroxylation is 1. The fourth-order valence-corrected chi connectivity index (χ4v) is 3.49. The quantitative estimate of drug-likeness (QED) is 0.748. The van der Waals surface area contributed by atoms with Gasteiger partial charge in [0.2, 0.25) is 5.91 Å². The van der Waals surface area contributed by atoms with E-state index in [0.717, 1.165) is 12.1 Å². The second kappa shape index (κ2) is 7.30. The normalized spacial score (nSPS) is 17.0. The predicted octanol–water partition coefficient (Wildman–Crippen LogP) is 1.90. The van der Waals surface area contributed by atoms with Gasteiger partial charge in [0, 0.05) is 31.5 Å². The minimum absolute atomic E-state index is 0.126. The fraction of sp³-hybridized carbons (Fsp3) is 0.300. The van der Waals surface area contributed by atoms with Gasteiger partial charge in [-0.2, -0.15) is 0 Å². The van der Waals surface area contributed by atoms with Crippen LogP contribution in [-0.4, -0.2) is 46.0 Å². The molecule has 8 heteroatoms. The molecule has 8 nitrogen and oxygen atoms in total. The molecule has 0 radical (unpaired) electrons. The van der Waals surface area contributed by atoms with Crippen LogP contribution in [0.15, 0.2) is 42.9 Å². The number of hydrogen-bond acceptors (Lipinski definition) is 5. The van der Waals surface area contributed by atoms with E-state index >= 15 is 0 Å². The molecule has 144 valence electrons. The molecule has 2 amide bonds. The number of anilines is 1. The Morgan fingerprint density at radius 2 is 2.14 bits per heavy atom. The lowest BCUT2D eigenvalue weighted by Gasteiger charge is -2.32. The van der Waals surface area contributed by atoms with Gasteiger partial charge in [-0.3, -0.25) is 9.59 Å². The Hall–Kier alpha value is -3.42. The van der Waals surface area contributed by atoms with E-state index in [9.17, 15) is 9.59 Å². The second-order valence-corrected chi connectivity index (χ2v) is 6.75. The minimum atomic E-state index is -0.584. The van der Waals surface area contributed by atoms with E-state index < -0.39 is 6.04 Å². The zero-order valence-electron chi connectivity index (χ0n) is 15.8. The van der Waals surface area contributed by atoms with Gasteiger partial charge in [-0.1, -0.05) is 6.07 Å². The van der Waals surface area contributed by atoms with Crippen LogP contribution in [0.25, 0.3) is 11.2 Å². The summed E-state index contributed by atoms with van der Waals surface area (Å²) in [6.07, 6.45) is 4.58. The van der Waals surface area contributed by atoms with Crippen molar-refractivity contribution in [2.45, 2.75) is 18.9 Å². The summed E-state index contributed by atoms with van der Waals surface area (Å²) in [5.74, 6) is 0.238. The Kier molecular flexibility index (Phi) is 4.68. The molecule has 1 saturated heterocycles. The van der Waals surface area contributed by atoms with Crippen LogP contribution in [0.1, 0.15) is 23.2 Å². The zero-order chi connectivity index (χ0) is 19.7. The third-order valence-electron chi connectivity index (χ3n) is 4.95. The van der Waals surface area contributed by atoms with Gasteiger partial charge >= 0.3 is 0 Å². The number of imidazole rings is 1. The molecule has 1 unspecified atom stereocenters. The number of carbonyl (C=O) groups is 2. The number of ether oxygens (including phenoxy) is 1. The summed E-state index contributed by atoms with van der Waals surface area (Å²) in [5, 5.41) is 2.88. The molecule has 3 heterocycles. The van der Waals surface area contributed by atoms with Crippen molar-refractivity contribution in [2.75, 3.05) is 18.6 Å². The number of nitrogens with zero attached hydrogens (tertiary/aromatic N) is 4. The molecule has 2 aromatic heterocycles. The van der Waals surface area contributed by atoms with Crippen molar-refractivity contribution in [3.63, 3.8) is 0 Å². The number of rotatable bonds is 4. The van der Waals surface area contributed by atoms with Gasteiger partial charge in [0.1, 0.15) is 17.3 Å². The molecule has 3 aromatic rings. The van der Waals surface area contributed by atoms with Gasteiger partial charge in [-0.25, -0.2) is 9.97 Å². The van der Waals surface area contributed by atoms with Crippen molar-refractivity contribution >= 4 is 28.7 Å². The molecule has 4 rings (SSSR count). The minimum Gasteiger partial charge on any atom is -0.497 e. The van der Waals surface area contributed by atoms with Crippen LogP contribution >= 0.6 is 0 Å². The Morgan fingerprint density at radius 3 is 2.96 bits per heavy atom. The summed E-state index contributed by atoms with van der Waals surface area (Å²) in [7, 11) is 3.41. The van der Waals surface area contributed by atoms with Gasteiger partial charge in [-0.15, -0.1) is 0 Å². The van der Waals surface area contributed by atoms with Crippen LogP contribution in [-0.2, 0) is 11.8 Å². The van der Waals surface area contributed by atoms with E-state index in [4.69, 9.17) is 4.74 Å². The van der Waals surface area contributed by atoms with Gasteiger partial charge in [-0.05, 0) is 31.0 Å². The molecule has 0 aliphatic carbocycles. The molecule has 0 bridgehead atoms. The van der Waals surface area contributed by atoms with Crippen molar-refractivity contribution in [2.24, 2.45) is 7.05 Å². The van der Waals surface area contributed by atoms with E-state index in [2.05, 4.69) is 15.3 Å². The summed E-state index contributed by atoms with van der Waals surface area (Å²) >= 11 is 0. The summed E-state index contributed by atoms with van der Waals surface area (Å²) < 4.78 is 7.00. The number of carbonyl (C=O) groups excluding carboxylic acids is 2. The number of methoxy groups -OCH3 is 1. The lowest BCUT2D eigenvalue weighted by atomic mass is 10.0. The van der Waals surface area contributed by atoms with Gasteiger partial charge < -0.3 is 19.5 Å². The molecule has 28 heavy (non-hydrogen) atoms. The van der Waals surface area contributed by atoms with Gasteiger partial charge in [0.15, 0.2) is 5.65 Å². The maximum atomic E-state index is 13.0. The smallest absolute Gasteiger partial charge is 0.254 e. The average molecular weight is 379 g/mol. The van der Waals surface area contributed by atoms with Crippen LogP contribution in [0.2, 0.25) is 0 Å². The van der Waals surface area contributed by atoms with Crippen LogP contribution in [0, 0.1) is 0 Å². The fourth-order valence-electron chi connectivity index (χ4n) is 3.49. The average Bonchev–Trinajstić information content (AvgIpc) is 3.10. The third kappa shape index (κ3) is 3.17. The molecular formula is C20H21N5O3. The number of nitrogens with one attached hydrogen (secondary N) is 1. The molecular weight excluding hydrogens is 358 g/mol. The largest absolute Gasteiger partial charge is 0.497 e. The first-order chi connectivity index (χ1) is 13.6. The van der Waals surface area contributed by atoms with Crippen LogP contribution in [0.3, 0.4) is 0 Å². The molecule has 0 spiro atoms. The van der Waals surface area contributed by atoms with Crippen LogP contribution < -0.4 is 15.0 Å². The third-order valence-corrected chi connectivity index (χ3v) is 4.95. The Labute approximate surface area is 162 Å². The lowest BCUT2D eigenvalue weighted by molar-refractivity contribution is -0.121. The van der Waals surface area contributed by atoms with Crippen molar-refractivity contribution < 1.29 is 14.3 Å². The lowest BCUT2D eigenvalue weighted by Crippen LogP contribution is -2.52. The Balaban J connectivity index is 1.55. The molecule has 1 fully saturated rings. The highest BCUT2D eigenvalue weighted by atomic mass is 16.5. The molecule has 1 aliphatic heterocycles. The summed E-state index contributed by atoms with van der Waals surface area (Å²) in [6.45, 7) is 0.609. The first kappa shape index (κ1) is 18.0. The predicted molar refractivity (Wildman–Crippen MR) is 104 cm³/mol. The summed E-state index contributed by atoms with van der Waals surface area (Å²) in [5.41, 5.74) is 2.33. The maximum absolute atomic E-state index is 13.0. The number of amides is 2. The SMILES string of the molecule is COc1cccc(N2CCCC(NC(=O)c3ccnc4c3ncn4C)C2=O)c1. The van der Waals surface area contributed by atoms with Crippen LogP contribution in [0.4, 0.5) is 5.69 Å². The Morgan fingerprint density at radius 1 is 1.29 bits per heavy atom. The standard InChI is InChI=1S/C20H21N5O3/c1-24-12-22-17-15(8-9-21-18(17)24)19(26)23-16-7-4-10-25(20(16)27)13-5-3-6-14(11-13)28-2/h3,5-6,8-9,11-12,16H,4,7,10H2,1-2H3,(H,23,26). The van der Waals surface area contributed by atoms with Gasteiger partial charge in [0.05, 0.1) is 19.0 Å². The topological polar surface area (TPSA) is 89.3 Å². The molecule has 1 aliphatic rings. The van der Waals surface area contributed by atoms with E-state index in [1.807, 2.05) is 31.3 Å². The highest BCUT2D eigenvalue weighted by molar-refractivity contribution is 6.07. The van der Waals surface area contributed by atoms with E-state index in [1.165, 1.54) is 0 Å². The molecule has 0 saturated carbocycles. The molecule has 1 aromatic carbocycles. The van der Waals surface area contributed by atoms with Crippen molar-refractivity contribution in [3.05, 3.63) is 48.4 Å². The van der Waals surface area contributed by atoms with E-state index in [1.54, 1.807) is 35.2 Å². The number of piperidine rings is 1. The van der Waals surface area contributed by atoms with Gasteiger partial charge in [0.25, 0.3) is 5.91 Å². The van der Waals surface area contributed by atoms with Crippen molar-refractivity contribution in [1.82, 2.24) is 19.9 Å². The Bertz CT molecular complexity index is 1050. The van der Waals surface area contributed by atoms with E-state index in [-0.39, 0.29) is 11.8 Å². The second-order valence-electron chi connectivity index (χ2n) is 6.75. The number of fused-ring (bicyclic) bond motifs is 1. The van der Waals surface area contributed by atoms with E-state index in [0.29, 0.717) is 35.4 Å². The highest BCUT2D eigenvalue weighted by Gasteiger charge is 2.31. The summed E-state index contributed by atoms with van der Waals surface area (Å²) in [6, 6.07) is 8.40. The first-order valence-corrected chi connectivity index (χ1v) is 9.11. The number of aromatic nitrogens is 3. The number of hydrogen-bond donors (Lipinski definition) is 1. The first-order valence-electron chi connectivity index (χ1n) is 9.11. The van der Waals surface area contributed by atoms with Crippen molar-refractivity contribution in [1.29, 1.82) is 0 Å².